The van der Waals surface area contributed by atoms with Crippen LogP contribution in [0.15, 0.2) is 24.5 Å². The van der Waals surface area contributed by atoms with Crippen molar-refractivity contribution in [1.82, 2.24) is 20.2 Å². The highest BCUT2D eigenvalue weighted by Gasteiger charge is 2.23. The van der Waals surface area contributed by atoms with Crippen molar-refractivity contribution in [3.63, 3.8) is 0 Å². The number of halogens is 1. The number of hydrogen-bond donors (Lipinski definition) is 1. The van der Waals surface area contributed by atoms with Crippen LogP contribution in [-0.4, -0.2) is 45.9 Å². The number of nitrogens with one attached hydrogen (secondary N) is 1. The number of aryl methyl sites for hydroxylation is 2. The van der Waals surface area contributed by atoms with Crippen LogP contribution in [-0.2, 0) is 4.74 Å². The minimum atomic E-state index is -0.339. The second-order valence-corrected chi connectivity index (χ2v) is 9.99. The highest BCUT2D eigenvalue weighted by Crippen LogP contribution is 2.34. The van der Waals surface area contributed by atoms with Gasteiger partial charge in [0.25, 0.3) is 5.91 Å². The maximum atomic E-state index is 12.7. The Bertz CT molecular complexity index is 1140. The van der Waals surface area contributed by atoms with Gasteiger partial charge in [-0.15, -0.1) is 10.2 Å². The second kappa shape index (κ2) is 12.9. The molecule has 1 fully saturated rings. The van der Waals surface area contributed by atoms with Gasteiger partial charge in [0.2, 0.25) is 5.13 Å². The minimum Gasteiger partial charge on any atom is -0.494 e. The Balaban J connectivity index is 0.000000287. The van der Waals surface area contributed by atoms with E-state index in [0.717, 1.165) is 23.2 Å². The Morgan fingerprint density at radius 1 is 1.23 bits per heavy atom. The van der Waals surface area contributed by atoms with Gasteiger partial charge in [0.15, 0.2) is 0 Å². The quantitative estimate of drug-likeness (QED) is 0.376. The van der Waals surface area contributed by atoms with E-state index in [2.05, 4.69) is 39.3 Å². The van der Waals surface area contributed by atoms with Gasteiger partial charge in [0.05, 0.1) is 25.0 Å². The number of hydrogen-bond acceptors (Lipinski definition) is 8. The molecule has 2 unspecified atom stereocenters. The molecule has 1 saturated heterocycles. The first-order valence-electron chi connectivity index (χ1n) is 11.7. The zero-order valence-electron chi connectivity index (χ0n) is 20.8. The maximum Gasteiger partial charge on any atom is 0.259 e. The largest absolute Gasteiger partial charge is 0.494 e. The fourth-order valence-corrected chi connectivity index (χ4v) is 4.63. The number of rotatable bonds is 7. The molecule has 4 rings (SSSR count). The van der Waals surface area contributed by atoms with E-state index in [-0.39, 0.29) is 5.91 Å². The number of nitrogens with zero attached hydrogens (tertiary/aromatic N) is 4. The van der Waals surface area contributed by atoms with Crippen molar-refractivity contribution in [3.05, 3.63) is 45.9 Å². The average Bonchev–Trinajstić information content (AvgIpc) is 3.45. The summed E-state index contributed by atoms with van der Waals surface area (Å²) in [6.45, 7) is 9.11. The number of unbranched alkanes of at least 4 members (excludes halogenated alkanes) is 1. The van der Waals surface area contributed by atoms with Crippen LogP contribution in [0, 0.1) is 19.8 Å². The van der Waals surface area contributed by atoms with Crippen molar-refractivity contribution < 1.29 is 14.3 Å². The van der Waals surface area contributed by atoms with Crippen LogP contribution >= 0.6 is 22.9 Å². The molecule has 0 aromatic carbocycles. The highest BCUT2D eigenvalue weighted by atomic mass is 35.5. The molecule has 0 radical (unpaired) electrons. The maximum absolute atomic E-state index is 12.7. The van der Waals surface area contributed by atoms with Crippen molar-refractivity contribution in [2.24, 2.45) is 5.92 Å². The fourth-order valence-electron chi connectivity index (χ4n) is 3.89. The smallest absolute Gasteiger partial charge is 0.259 e. The van der Waals surface area contributed by atoms with Crippen LogP contribution in [0.3, 0.4) is 0 Å². The number of ether oxygens (including phenoxy) is 2. The standard InChI is InChI=1S/C16H14ClN5O2S.C9H18O/c1-8-4-10(11-5-14(17)19-7-13(11)24-3)12(6-18-8)15(23)20-16-22-21-9(2)25-16;1-3-4-5-9-6-7-10-8(9)2/h4-7H,1-3H3,(H,20,22,23);8-9H,3-7H2,1-2H3. The third-order valence-corrected chi connectivity index (χ3v) is 6.80. The zero-order chi connectivity index (χ0) is 25.4. The van der Waals surface area contributed by atoms with Crippen molar-refractivity contribution in [2.75, 3.05) is 19.0 Å². The van der Waals surface area contributed by atoms with Crippen molar-refractivity contribution in [2.45, 2.75) is 59.5 Å². The summed E-state index contributed by atoms with van der Waals surface area (Å²) in [6.07, 6.45) is 8.93. The fraction of sp³-hybridized carbons (Fsp3) is 0.480. The summed E-state index contributed by atoms with van der Waals surface area (Å²) in [6, 6.07) is 3.45. The van der Waals surface area contributed by atoms with Crippen LogP contribution in [0.2, 0.25) is 5.15 Å². The molecule has 8 nitrogen and oxygen atoms in total. The van der Waals surface area contributed by atoms with Gasteiger partial charge in [0, 0.05) is 29.6 Å². The lowest BCUT2D eigenvalue weighted by atomic mass is 9.96. The van der Waals surface area contributed by atoms with E-state index in [1.807, 2.05) is 13.8 Å². The number of pyridine rings is 2. The highest BCUT2D eigenvalue weighted by molar-refractivity contribution is 7.15. The monoisotopic (exact) mass is 517 g/mol. The number of carbonyl (C=O) groups excluding carboxylic acids is 1. The molecule has 0 saturated carbocycles. The SMILES string of the molecule is CCCCC1CCOC1C.COc1cnc(Cl)cc1-c1cc(C)ncc1C(=O)Nc1nnc(C)s1. The lowest BCUT2D eigenvalue weighted by Crippen LogP contribution is -2.14. The molecular weight excluding hydrogens is 486 g/mol. The lowest BCUT2D eigenvalue weighted by Gasteiger charge is -2.13. The Labute approximate surface area is 215 Å². The predicted molar refractivity (Wildman–Crippen MR) is 139 cm³/mol. The van der Waals surface area contributed by atoms with Crippen molar-refractivity contribution in [1.29, 1.82) is 0 Å². The lowest BCUT2D eigenvalue weighted by molar-refractivity contribution is 0.102. The molecule has 35 heavy (non-hydrogen) atoms. The van der Waals surface area contributed by atoms with E-state index in [1.54, 1.807) is 12.1 Å². The predicted octanol–water partition coefficient (Wildman–Crippen LogP) is 6.13. The van der Waals surface area contributed by atoms with E-state index in [1.165, 1.54) is 56.5 Å². The number of amides is 1. The van der Waals surface area contributed by atoms with Crippen LogP contribution in [0.1, 0.15) is 60.6 Å². The van der Waals surface area contributed by atoms with Crippen LogP contribution < -0.4 is 10.1 Å². The second-order valence-electron chi connectivity index (χ2n) is 8.43. The van der Waals surface area contributed by atoms with Gasteiger partial charge in [-0.2, -0.15) is 0 Å². The summed E-state index contributed by atoms with van der Waals surface area (Å²) in [5.41, 5.74) is 2.44. The molecule has 1 amide bonds. The normalized spacial score (nSPS) is 17.0. The Hall–Kier alpha value is -2.62. The summed E-state index contributed by atoms with van der Waals surface area (Å²) >= 11 is 7.32. The summed E-state index contributed by atoms with van der Waals surface area (Å²) < 4.78 is 10.8. The summed E-state index contributed by atoms with van der Waals surface area (Å²) in [5.74, 6) is 1.03. The third kappa shape index (κ3) is 7.43. The minimum absolute atomic E-state index is 0.302. The Morgan fingerprint density at radius 3 is 2.66 bits per heavy atom. The number of carbonyl (C=O) groups is 1. The van der Waals surface area contributed by atoms with Crippen LogP contribution in [0.25, 0.3) is 11.1 Å². The molecule has 188 valence electrons. The Kier molecular flexibility index (Phi) is 9.94. The third-order valence-electron chi connectivity index (χ3n) is 5.84. The van der Waals surface area contributed by atoms with Crippen molar-refractivity contribution >= 4 is 34.0 Å². The van der Waals surface area contributed by atoms with E-state index >= 15 is 0 Å². The van der Waals surface area contributed by atoms with E-state index in [9.17, 15) is 4.79 Å². The van der Waals surface area contributed by atoms with Gasteiger partial charge >= 0.3 is 0 Å². The van der Waals surface area contributed by atoms with Gasteiger partial charge in [-0.05, 0) is 51.7 Å². The zero-order valence-corrected chi connectivity index (χ0v) is 22.4. The molecule has 2 atom stereocenters. The summed E-state index contributed by atoms with van der Waals surface area (Å²) in [4.78, 5) is 21.0. The Morgan fingerprint density at radius 2 is 2.03 bits per heavy atom. The van der Waals surface area contributed by atoms with E-state index < -0.39 is 0 Å². The van der Waals surface area contributed by atoms with Gasteiger partial charge in [-0.1, -0.05) is 42.7 Å². The molecule has 0 spiro atoms. The van der Waals surface area contributed by atoms with Gasteiger partial charge in [0.1, 0.15) is 15.9 Å². The van der Waals surface area contributed by atoms with Gasteiger partial charge in [-0.25, -0.2) is 4.98 Å². The van der Waals surface area contributed by atoms with E-state index in [0.29, 0.717) is 38.8 Å². The number of anilines is 1. The molecule has 0 bridgehead atoms. The number of aromatic nitrogens is 4. The van der Waals surface area contributed by atoms with Crippen LogP contribution in [0.5, 0.6) is 5.75 Å². The molecular formula is C25H32ClN5O3S. The first kappa shape index (κ1) is 27.0. The average molecular weight is 518 g/mol. The first-order valence-corrected chi connectivity index (χ1v) is 12.9. The van der Waals surface area contributed by atoms with Crippen molar-refractivity contribution in [3.8, 4) is 16.9 Å². The molecule has 3 aromatic rings. The molecule has 1 N–H and O–H groups in total. The summed E-state index contributed by atoms with van der Waals surface area (Å²) in [5, 5.41) is 12.0. The molecule has 1 aliphatic heterocycles. The molecule has 1 aliphatic rings. The summed E-state index contributed by atoms with van der Waals surface area (Å²) in [7, 11) is 1.53. The van der Waals surface area contributed by atoms with Crippen LogP contribution in [0.4, 0.5) is 5.13 Å². The molecule has 3 aromatic heterocycles. The van der Waals surface area contributed by atoms with Gasteiger partial charge in [-0.3, -0.25) is 15.1 Å². The first-order chi connectivity index (χ1) is 16.8. The molecule has 10 heteroatoms. The van der Waals surface area contributed by atoms with E-state index in [4.69, 9.17) is 21.1 Å². The molecule has 0 aliphatic carbocycles. The number of methoxy groups -OCH3 is 1. The molecule has 4 heterocycles. The van der Waals surface area contributed by atoms with Gasteiger partial charge < -0.3 is 9.47 Å². The topological polar surface area (TPSA) is 99.1 Å².